The van der Waals surface area contributed by atoms with Gasteiger partial charge in [0.05, 0.1) is 24.1 Å². The Kier molecular flexibility index (Phi) is 4.90. The van der Waals surface area contributed by atoms with Crippen LogP contribution in [0.5, 0.6) is 0 Å². The van der Waals surface area contributed by atoms with E-state index < -0.39 is 15.6 Å². The van der Waals surface area contributed by atoms with Gasteiger partial charge in [-0.3, -0.25) is 9.69 Å². The summed E-state index contributed by atoms with van der Waals surface area (Å²) in [5, 5.41) is 15.3. The zero-order valence-corrected chi connectivity index (χ0v) is 16.6. The first-order chi connectivity index (χ1) is 12.7. The van der Waals surface area contributed by atoms with Gasteiger partial charge in [0.1, 0.15) is 0 Å². The van der Waals surface area contributed by atoms with Gasteiger partial charge in [0.25, 0.3) is 5.56 Å². The summed E-state index contributed by atoms with van der Waals surface area (Å²) >= 11 is 0. The minimum absolute atomic E-state index is 0.0210. The van der Waals surface area contributed by atoms with Crippen molar-refractivity contribution in [1.29, 1.82) is 0 Å². The molecule has 4 rings (SSSR count). The standard InChI is InChI=1S/C18H28N4O4S/c1-27(25,26)21-7-6-18(24,13-21)12-20-9-14(10-20)11-22-17(23)8-15-4-2-3-5-16(15)19-22/h8,14,24H,2-7,9-13H2,1H3. The topological polar surface area (TPSA) is 95.7 Å². The number of β-amino-alcohol motifs (C(OH)–C–C–N with tert-alkyl or cyclic N) is 1. The molecular weight excluding hydrogens is 368 g/mol. The highest BCUT2D eigenvalue weighted by atomic mass is 32.2. The molecule has 1 aromatic rings. The van der Waals surface area contributed by atoms with Gasteiger partial charge in [0.2, 0.25) is 10.0 Å². The second-order valence-electron chi connectivity index (χ2n) is 8.47. The molecule has 9 heteroatoms. The first-order valence-electron chi connectivity index (χ1n) is 9.72. The van der Waals surface area contributed by atoms with Gasteiger partial charge in [0, 0.05) is 44.7 Å². The van der Waals surface area contributed by atoms with Gasteiger partial charge in [-0.1, -0.05) is 0 Å². The Morgan fingerprint density at radius 1 is 1.30 bits per heavy atom. The van der Waals surface area contributed by atoms with Crippen molar-refractivity contribution in [1.82, 2.24) is 19.0 Å². The molecule has 0 spiro atoms. The zero-order chi connectivity index (χ0) is 19.2. The van der Waals surface area contributed by atoms with Crippen molar-refractivity contribution in [2.45, 2.75) is 44.2 Å². The van der Waals surface area contributed by atoms with E-state index in [1.807, 2.05) is 0 Å². The second-order valence-corrected chi connectivity index (χ2v) is 10.5. The Balaban J connectivity index is 1.31. The molecule has 1 N–H and O–H groups in total. The summed E-state index contributed by atoms with van der Waals surface area (Å²) in [5.74, 6) is 0.341. The van der Waals surface area contributed by atoms with Crippen molar-refractivity contribution < 1.29 is 13.5 Å². The lowest BCUT2D eigenvalue weighted by molar-refractivity contribution is -0.0250. The van der Waals surface area contributed by atoms with E-state index in [9.17, 15) is 18.3 Å². The average Bonchev–Trinajstić information content (AvgIpc) is 2.96. The second kappa shape index (κ2) is 6.95. The van der Waals surface area contributed by atoms with Crippen molar-refractivity contribution in [3.05, 3.63) is 27.7 Å². The normalized spacial score (nSPS) is 27.5. The maximum absolute atomic E-state index is 12.3. The quantitative estimate of drug-likeness (QED) is 0.718. The zero-order valence-electron chi connectivity index (χ0n) is 15.8. The molecule has 1 aromatic heterocycles. The van der Waals surface area contributed by atoms with Crippen LogP contribution in [-0.2, 0) is 29.4 Å². The first-order valence-corrected chi connectivity index (χ1v) is 11.6. The molecule has 150 valence electrons. The Labute approximate surface area is 159 Å². The lowest BCUT2D eigenvalue weighted by atomic mass is 9.95. The van der Waals surface area contributed by atoms with Crippen LogP contribution in [-0.4, -0.2) is 77.1 Å². The van der Waals surface area contributed by atoms with Crippen molar-refractivity contribution >= 4 is 10.0 Å². The first kappa shape index (κ1) is 19.0. The fourth-order valence-corrected chi connectivity index (χ4v) is 5.44. The highest BCUT2D eigenvalue weighted by Gasteiger charge is 2.43. The smallest absolute Gasteiger partial charge is 0.267 e. The van der Waals surface area contributed by atoms with Crippen LogP contribution in [0.3, 0.4) is 0 Å². The Hall–Kier alpha value is -1.29. The number of rotatable bonds is 5. The Bertz CT molecular complexity index is 878. The van der Waals surface area contributed by atoms with Gasteiger partial charge in [0.15, 0.2) is 0 Å². The van der Waals surface area contributed by atoms with Gasteiger partial charge in [-0.25, -0.2) is 13.1 Å². The molecule has 3 aliphatic rings. The van der Waals surface area contributed by atoms with E-state index in [1.54, 1.807) is 10.7 Å². The van der Waals surface area contributed by atoms with E-state index in [4.69, 9.17) is 0 Å². The van der Waals surface area contributed by atoms with Crippen LogP contribution in [0.2, 0.25) is 0 Å². The molecule has 2 aliphatic heterocycles. The number of likely N-dealkylation sites (tertiary alicyclic amines) is 1. The maximum Gasteiger partial charge on any atom is 0.267 e. The SMILES string of the molecule is CS(=O)(=O)N1CCC(O)(CN2CC(Cn3nc4c(cc3=O)CCCC4)C2)C1. The minimum atomic E-state index is -3.25. The van der Waals surface area contributed by atoms with Crippen LogP contribution in [0.15, 0.2) is 10.9 Å². The van der Waals surface area contributed by atoms with E-state index >= 15 is 0 Å². The molecule has 1 aliphatic carbocycles. The lowest BCUT2D eigenvalue weighted by Gasteiger charge is -2.42. The molecule has 2 fully saturated rings. The molecule has 3 heterocycles. The molecule has 1 atom stereocenters. The van der Waals surface area contributed by atoms with Crippen molar-refractivity contribution in [3.63, 3.8) is 0 Å². The van der Waals surface area contributed by atoms with Gasteiger partial charge in [-0.15, -0.1) is 0 Å². The molecule has 2 saturated heterocycles. The predicted octanol–water partition coefficient (Wildman–Crippen LogP) is -0.550. The summed E-state index contributed by atoms with van der Waals surface area (Å²) in [6, 6.07) is 1.75. The van der Waals surface area contributed by atoms with E-state index in [-0.39, 0.29) is 12.1 Å². The molecule has 1 unspecified atom stereocenters. The van der Waals surface area contributed by atoms with Crippen molar-refractivity contribution in [2.75, 3.05) is 39.0 Å². The van der Waals surface area contributed by atoms with Crippen molar-refractivity contribution in [3.8, 4) is 0 Å². The fraction of sp³-hybridized carbons (Fsp3) is 0.778. The highest BCUT2D eigenvalue weighted by molar-refractivity contribution is 7.88. The van der Waals surface area contributed by atoms with E-state index in [0.29, 0.717) is 32.0 Å². The summed E-state index contributed by atoms with van der Waals surface area (Å²) in [4.78, 5) is 14.4. The Morgan fingerprint density at radius 2 is 2.04 bits per heavy atom. The summed E-state index contributed by atoms with van der Waals surface area (Å²) in [6.07, 6.45) is 5.83. The number of aromatic nitrogens is 2. The fourth-order valence-electron chi connectivity index (χ4n) is 4.55. The number of aryl methyl sites for hydroxylation is 2. The average molecular weight is 397 g/mol. The third kappa shape index (κ3) is 4.11. The van der Waals surface area contributed by atoms with Crippen LogP contribution in [0, 0.1) is 5.92 Å². The third-order valence-corrected chi connectivity index (χ3v) is 7.27. The van der Waals surface area contributed by atoms with Gasteiger partial charge < -0.3 is 5.11 Å². The van der Waals surface area contributed by atoms with Gasteiger partial charge in [-0.05, 0) is 37.7 Å². The van der Waals surface area contributed by atoms with E-state index in [1.165, 1.54) is 10.6 Å². The molecule has 27 heavy (non-hydrogen) atoms. The molecule has 0 aromatic carbocycles. The maximum atomic E-state index is 12.3. The molecule has 0 bridgehead atoms. The predicted molar refractivity (Wildman–Crippen MR) is 101 cm³/mol. The number of sulfonamides is 1. The van der Waals surface area contributed by atoms with Crippen LogP contribution < -0.4 is 5.56 Å². The number of fused-ring (bicyclic) bond motifs is 1. The number of hydrogen-bond acceptors (Lipinski definition) is 6. The van der Waals surface area contributed by atoms with Gasteiger partial charge in [-0.2, -0.15) is 9.40 Å². The van der Waals surface area contributed by atoms with E-state index in [2.05, 4.69) is 10.00 Å². The van der Waals surface area contributed by atoms with Crippen LogP contribution >= 0.6 is 0 Å². The van der Waals surface area contributed by atoms with Crippen LogP contribution in [0.4, 0.5) is 0 Å². The summed E-state index contributed by atoms with van der Waals surface area (Å²) in [5.41, 5.74) is 1.18. The van der Waals surface area contributed by atoms with Crippen LogP contribution in [0.25, 0.3) is 0 Å². The Morgan fingerprint density at radius 3 is 2.74 bits per heavy atom. The molecule has 8 nitrogen and oxygen atoms in total. The molecular formula is C18H28N4O4S. The molecule has 0 radical (unpaired) electrons. The summed E-state index contributed by atoms with van der Waals surface area (Å²) in [7, 11) is -3.25. The number of hydrogen-bond donors (Lipinski definition) is 1. The van der Waals surface area contributed by atoms with Crippen LogP contribution in [0.1, 0.15) is 30.5 Å². The monoisotopic (exact) mass is 396 g/mol. The molecule has 0 amide bonds. The third-order valence-electron chi connectivity index (χ3n) is 6.02. The van der Waals surface area contributed by atoms with Crippen molar-refractivity contribution in [2.24, 2.45) is 5.92 Å². The lowest BCUT2D eigenvalue weighted by Crippen LogP contribution is -2.56. The van der Waals surface area contributed by atoms with E-state index in [0.717, 1.165) is 50.0 Å². The largest absolute Gasteiger partial charge is 0.387 e. The summed E-state index contributed by atoms with van der Waals surface area (Å²) < 4.78 is 26.2. The number of aliphatic hydroxyl groups is 1. The highest BCUT2D eigenvalue weighted by Crippen LogP contribution is 2.28. The minimum Gasteiger partial charge on any atom is -0.387 e. The number of nitrogens with zero attached hydrogens (tertiary/aromatic N) is 4. The molecule has 0 saturated carbocycles. The van der Waals surface area contributed by atoms with Gasteiger partial charge >= 0.3 is 0 Å². The summed E-state index contributed by atoms with van der Waals surface area (Å²) in [6.45, 7) is 3.22.